The highest BCUT2D eigenvalue weighted by molar-refractivity contribution is 6.31. The minimum absolute atomic E-state index is 0.000954. The number of aromatic nitrogens is 4. The largest absolute Gasteiger partial charge is 0.379 e. The lowest BCUT2D eigenvalue weighted by Gasteiger charge is -2.26. The van der Waals surface area contributed by atoms with Crippen molar-refractivity contribution in [3.8, 4) is 11.3 Å². The Hall–Kier alpha value is -3.40. The summed E-state index contributed by atoms with van der Waals surface area (Å²) < 4.78 is 21.2. The fraction of sp³-hybridized carbons (Fsp3) is 0.217. The van der Waals surface area contributed by atoms with E-state index >= 15 is 0 Å². The molecule has 33 heavy (non-hydrogen) atoms. The number of benzene rings is 1. The monoisotopic (exact) mass is 466 g/mol. The third kappa shape index (κ3) is 4.56. The number of hydrogen-bond donors (Lipinski definition) is 1. The Kier molecular flexibility index (Phi) is 5.99. The van der Waals surface area contributed by atoms with E-state index in [0.717, 1.165) is 18.8 Å². The van der Waals surface area contributed by atoms with Crippen LogP contribution in [0, 0.1) is 5.82 Å². The van der Waals surface area contributed by atoms with Crippen LogP contribution in [0.15, 0.2) is 54.7 Å². The van der Waals surface area contributed by atoms with Crippen molar-refractivity contribution in [1.29, 1.82) is 0 Å². The van der Waals surface area contributed by atoms with Gasteiger partial charge in [0.05, 0.1) is 35.8 Å². The summed E-state index contributed by atoms with van der Waals surface area (Å²) in [5.74, 6) is -0.564. The zero-order valence-corrected chi connectivity index (χ0v) is 18.3. The quantitative estimate of drug-likeness (QED) is 0.483. The van der Waals surface area contributed by atoms with Crippen molar-refractivity contribution in [3.05, 3.63) is 77.0 Å². The molecule has 3 aromatic heterocycles. The highest BCUT2D eigenvalue weighted by Crippen LogP contribution is 2.26. The molecule has 1 aromatic carbocycles. The van der Waals surface area contributed by atoms with Gasteiger partial charge in [-0.3, -0.25) is 9.69 Å². The summed E-state index contributed by atoms with van der Waals surface area (Å²) in [5, 5.41) is 7.23. The van der Waals surface area contributed by atoms with Gasteiger partial charge in [-0.2, -0.15) is 5.10 Å². The first-order valence-electron chi connectivity index (χ1n) is 10.4. The molecule has 0 aliphatic carbocycles. The van der Waals surface area contributed by atoms with Crippen LogP contribution >= 0.6 is 11.6 Å². The molecule has 1 saturated heterocycles. The van der Waals surface area contributed by atoms with E-state index < -0.39 is 11.7 Å². The van der Waals surface area contributed by atoms with Gasteiger partial charge in [-0.25, -0.2) is 18.9 Å². The molecule has 1 amide bonds. The molecule has 0 atom stereocenters. The molecule has 0 bridgehead atoms. The minimum atomic E-state index is -0.571. The standard InChI is InChI=1S/C23H20ClFN6O2/c24-17-5-2-4-16(22(17)25)18-7-8-21-26-13-19(31(21)29-18)23(32)28-20-6-1-3-15(27-20)14-30-9-11-33-12-10-30/h1-8,13H,9-12,14H2,(H,27,28,32). The van der Waals surface area contributed by atoms with Crippen LogP contribution in [0.25, 0.3) is 16.9 Å². The van der Waals surface area contributed by atoms with Crippen molar-refractivity contribution in [3.63, 3.8) is 0 Å². The molecule has 0 saturated carbocycles. The number of amides is 1. The van der Waals surface area contributed by atoms with Gasteiger partial charge in [-0.1, -0.05) is 23.7 Å². The second kappa shape index (κ2) is 9.22. The molecule has 1 N–H and O–H groups in total. The van der Waals surface area contributed by atoms with Gasteiger partial charge in [0.15, 0.2) is 17.2 Å². The van der Waals surface area contributed by atoms with Crippen LogP contribution in [0.5, 0.6) is 0 Å². The van der Waals surface area contributed by atoms with Crippen molar-refractivity contribution < 1.29 is 13.9 Å². The number of pyridine rings is 1. The average Bonchev–Trinajstić information content (AvgIpc) is 3.25. The Morgan fingerprint density at radius 1 is 1.12 bits per heavy atom. The van der Waals surface area contributed by atoms with Crippen LogP contribution in [-0.4, -0.2) is 56.7 Å². The van der Waals surface area contributed by atoms with E-state index in [1.54, 1.807) is 30.3 Å². The number of nitrogens with zero attached hydrogens (tertiary/aromatic N) is 5. The van der Waals surface area contributed by atoms with Crippen LogP contribution in [0.3, 0.4) is 0 Å². The van der Waals surface area contributed by atoms with Crippen molar-refractivity contribution in [1.82, 2.24) is 24.5 Å². The van der Waals surface area contributed by atoms with E-state index in [4.69, 9.17) is 16.3 Å². The Morgan fingerprint density at radius 2 is 1.94 bits per heavy atom. The maximum atomic E-state index is 14.5. The van der Waals surface area contributed by atoms with Crippen molar-refractivity contribution >= 4 is 29.0 Å². The van der Waals surface area contributed by atoms with Gasteiger partial charge < -0.3 is 10.1 Å². The summed E-state index contributed by atoms with van der Waals surface area (Å²) in [5.41, 5.74) is 2.09. The van der Waals surface area contributed by atoms with Crippen LogP contribution in [0.2, 0.25) is 5.02 Å². The summed E-state index contributed by atoms with van der Waals surface area (Å²) in [6, 6.07) is 13.5. The fourth-order valence-electron chi connectivity index (χ4n) is 3.68. The van der Waals surface area contributed by atoms with Crippen LogP contribution in [0.1, 0.15) is 16.2 Å². The van der Waals surface area contributed by atoms with E-state index in [0.29, 0.717) is 36.9 Å². The number of carbonyl (C=O) groups is 1. The number of carbonyl (C=O) groups excluding carboxylic acids is 1. The van der Waals surface area contributed by atoms with E-state index in [2.05, 4.69) is 25.3 Å². The molecule has 4 heterocycles. The average molecular weight is 467 g/mol. The van der Waals surface area contributed by atoms with Crippen LogP contribution in [0.4, 0.5) is 10.2 Å². The molecule has 5 rings (SSSR count). The first-order chi connectivity index (χ1) is 16.1. The number of nitrogens with one attached hydrogen (secondary N) is 1. The minimum Gasteiger partial charge on any atom is -0.379 e. The summed E-state index contributed by atoms with van der Waals surface area (Å²) in [6.45, 7) is 3.79. The zero-order valence-electron chi connectivity index (χ0n) is 17.5. The number of morpholine rings is 1. The topological polar surface area (TPSA) is 84.7 Å². The molecule has 168 valence electrons. The maximum absolute atomic E-state index is 14.5. The molecule has 1 aliphatic heterocycles. The number of ether oxygens (including phenoxy) is 1. The van der Waals surface area contributed by atoms with Crippen molar-refractivity contribution in [2.45, 2.75) is 6.54 Å². The number of rotatable bonds is 5. The molecule has 1 aliphatic rings. The van der Waals surface area contributed by atoms with E-state index in [9.17, 15) is 9.18 Å². The Bertz CT molecular complexity index is 1320. The molecule has 4 aromatic rings. The van der Waals surface area contributed by atoms with E-state index in [1.165, 1.54) is 16.8 Å². The first-order valence-corrected chi connectivity index (χ1v) is 10.8. The smallest absolute Gasteiger partial charge is 0.277 e. The zero-order chi connectivity index (χ0) is 22.8. The third-order valence-corrected chi connectivity index (χ3v) is 5.65. The summed E-state index contributed by atoms with van der Waals surface area (Å²) >= 11 is 5.90. The predicted octanol–water partition coefficient (Wildman–Crippen LogP) is 3.67. The van der Waals surface area contributed by atoms with Gasteiger partial charge in [-0.05, 0) is 36.4 Å². The predicted molar refractivity (Wildman–Crippen MR) is 122 cm³/mol. The Labute approximate surface area is 194 Å². The second-order valence-corrected chi connectivity index (χ2v) is 8.00. The maximum Gasteiger partial charge on any atom is 0.277 e. The number of hydrogen-bond acceptors (Lipinski definition) is 6. The van der Waals surface area contributed by atoms with E-state index in [-0.39, 0.29) is 16.3 Å². The summed E-state index contributed by atoms with van der Waals surface area (Å²) in [6.07, 6.45) is 1.42. The lowest BCUT2D eigenvalue weighted by atomic mass is 10.1. The SMILES string of the molecule is O=C(Nc1cccc(CN2CCOCC2)n1)c1cnc2ccc(-c3cccc(Cl)c3F)nn12. The van der Waals surface area contributed by atoms with Gasteiger partial charge in [0.1, 0.15) is 5.82 Å². The number of fused-ring (bicyclic) bond motifs is 1. The third-order valence-electron chi connectivity index (χ3n) is 5.36. The summed E-state index contributed by atoms with van der Waals surface area (Å²) in [7, 11) is 0. The van der Waals surface area contributed by atoms with Gasteiger partial charge in [0.2, 0.25) is 0 Å². The lowest BCUT2D eigenvalue weighted by molar-refractivity contribution is 0.0337. The highest BCUT2D eigenvalue weighted by Gasteiger charge is 2.17. The highest BCUT2D eigenvalue weighted by atomic mass is 35.5. The van der Waals surface area contributed by atoms with Gasteiger partial charge in [-0.15, -0.1) is 0 Å². The molecule has 0 spiro atoms. The van der Waals surface area contributed by atoms with Crippen LogP contribution < -0.4 is 5.32 Å². The fourth-order valence-corrected chi connectivity index (χ4v) is 3.85. The second-order valence-electron chi connectivity index (χ2n) is 7.59. The van der Waals surface area contributed by atoms with Gasteiger partial charge >= 0.3 is 0 Å². The first kappa shape index (κ1) is 21.4. The van der Waals surface area contributed by atoms with Crippen molar-refractivity contribution in [2.24, 2.45) is 0 Å². The number of imidazole rings is 1. The number of anilines is 1. The molecular formula is C23H20ClFN6O2. The van der Waals surface area contributed by atoms with Gasteiger partial charge in [0.25, 0.3) is 5.91 Å². The Balaban J connectivity index is 1.39. The Morgan fingerprint density at radius 3 is 2.79 bits per heavy atom. The lowest BCUT2D eigenvalue weighted by Crippen LogP contribution is -2.35. The molecule has 1 fully saturated rings. The molecule has 0 radical (unpaired) electrons. The molecule has 10 heteroatoms. The van der Waals surface area contributed by atoms with Crippen LogP contribution in [-0.2, 0) is 11.3 Å². The number of halogens is 2. The molecule has 0 unspecified atom stereocenters. The van der Waals surface area contributed by atoms with E-state index in [1.807, 2.05) is 12.1 Å². The normalized spacial score (nSPS) is 14.5. The summed E-state index contributed by atoms with van der Waals surface area (Å²) in [4.78, 5) is 24.0. The van der Waals surface area contributed by atoms with Gasteiger partial charge in [0, 0.05) is 25.2 Å². The molecule has 8 nitrogen and oxygen atoms in total. The molecular weight excluding hydrogens is 447 g/mol. The van der Waals surface area contributed by atoms with Crippen molar-refractivity contribution in [2.75, 3.05) is 31.6 Å².